The number of urea groups is 1. The van der Waals surface area contributed by atoms with Gasteiger partial charge in [0.2, 0.25) is 5.91 Å². The van der Waals surface area contributed by atoms with E-state index >= 15 is 0 Å². The van der Waals surface area contributed by atoms with Crippen LogP contribution in [0.4, 0.5) is 10.6 Å². The molecule has 2 aromatic heterocycles. The Kier molecular flexibility index (Phi) is 5.06. The molecule has 0 radical (unpaired) electrons. The van der Waals surface area contributed by atoms with Crippen LogP contribution < -0.4 is 10.6 Å². The quantitative estimate of drug-likeness (QED) is 0.806. The van der Waals surface area contributed by atoms with Gasteiger partial charge in [-0.1, -0.05) is 0 Å². The van der Waals surface area contributed by atoms with Crippen LogP contribution in [0, 0.1) is 0 Å². The number of anilines is 1. The van der Waals surface area contributed by atoms with Gasteiger partial charge in [-0.2, -0.15) is 5.10 Å². The average molecular weight is 345 g/mol. The topological polar surface area (TPSA) is 92.4 Å². The van der Waals surface area contributed by atoms with E-state index in [1.807, 2.05) is 26.0 Å². The van der Waals surface area contributed by atoms with E-state index in [0.29, 0.717) is 12.4 Å². The van der Waals surface area contributed by atoms with Crippen LogP contribution in [0.3, 0.4) is 0 Å². The van der Waals surface area contributed by atoms with E-state index in [4.69, 9.17) is 4.42 Å². The van der Waals surface area contributed by atoms with Crippen LogP contribution in [-0.2, 0) is 11.3 Å². The Bertz CT molecular complexity index is 720. The highest BCUT2D eigenvalue weighted by atomic mass is 16.3. The molecule has 8 nitrogen and oxygen atoms in total. The van der Waals surface area contributed by atoms with Crippen LogP contribution in [0.1, 0.15) is 38.5 Å². The van der Waals surface area contributed by atoms with Gasteiger partial charge < -0.3 is 14.6 Å². The predicted molar refractivity (Wildman–Crippen MR) is 91.9 cm³/mol. The molecule has 3 amide bonds. The molecule has 0 aliphatic heterocycles. The Morgan fingerprint density at radius 3 is 2.88 bits per heavy atom. The fourth-order valence-electron chi connectivity index (χ4n) is 2.77. The lowest BCUT2D eigenvalue weighted by molar-refractivity contribution is -0.121. The Morgan fingerprint density at radius 1 is 1.44 bits per heavy atom. The minimum Gasteiger partial charge on any atom is -0.467 e. The zero-order valence-electron chi connectivity index (χ0n) is 14.4. The average Bonchev–Trinajstić information content (AvgIpc) is 3.08. The molecule has 2 heterocycles. The smallest absolute Gasteiger partial charge is 0.323 e. The molecular formula is C17H23N5O3. The van der Waals surface area contributed by atoms with Crippen LogP contribution in [0.5, 0.6) is 0 Å². The third-order valence-electron chi connectivity index (χ3n) is 4.10. The summed E-state index contributed by atoms with van der Waals surface area (Å²) in [5.74, 6) is 1.06. The third kappa shape index (κ3) is 4.20. The first kappa shape index (κ1) is 17.1. The summed E-state index contributed by atoms with van der Waals surface area (Å²) in [5.41, 5.74) is 0. The summed E-state index contributed by atoms with van der Waals surface area (Å²) in [7, 11) is 0. The lowest BCUT2D eigenvalue weighted by Gasteiger charge is -2.27. The molecule has 134 valence electrons. The molecule has 1 aliphatic rings. The van der Waals surface area contributed by atoms with Gasteiger partial charge in [-0.3, -0.25) is 14.8 Å². The molecule has 1 fully saturated rings. The first-order valence-corrected chi connectivity index (χ1v) is 8.51. The van der Waals surface area contributed by atoms with E-state index in [1.165, 1.54) is 4.68 Å². The van der Waals surface area contributed by atoms with Gasteiger partial charge in [0.05, 0.1) is 12.3 Å². The zero-order valence-corrected chi connectivity index (χ0v) is 14.4. The second-order valence-electron chi connectivity index (χ2n) is 6.11. The highest BCUT2D eigenvalue weighted by molar-refractivity contribution is 5.89. The van der Waals surface area contributed by atoms with E-state index in [0.717, 1.165) is 18.6 Å². The molecule has 1 unspecified atom stereocenters. The summed E-state index contributed by atoms with van der Waals surface area (Å²) in [5, 5.41) is 9.75. The van der Waals surface area contributed by atoms with E-state index in [9.17, 15) is 9.59 Å². The standard InChI is InChI=1S/C17H23N5O3/c1-3-18-16(23)11-21-9-8-15(20-21)19-17(24)22(13-6-7-13)12(2)14-5-4-10-25-14/h4-5,8-10,12-13H,3,6-7,11H2,1-2H3,(H,18,23)(H,19,20,24). The summed E-state index contributed by atoms with van der Waals surface area (Å²) >= 11 is 0. The fourth-order valence-corrected chi connectivity index (χ4v) is 2.77. The Balaban J connectivity index is 1.64. The van der Waals surface area contributed by atoms with Crippen molar-refractivity contribution in [3.8, 4) is 0 Å². The fraction of sp³-hybridized carbons (Fsp3) is 0.471. The SMILES string of the molecule is CCNC(=O)Cn1ccc(NC(=O)N(C2CC2)C(C)c2ccco2)n1. The number of amides is 3. The van der Waals surface area contributed by atoms with Gasteiger partial charge in [0, 0.05) is 24.8 Å². The second-order valence-corrected chi connectivity index (χ2v) is 6.11. The van der Waals surface area contributed by atoms with Crippen LogP contribution in [0.25, 0.3) is 0 Å². The molecule has 0 bridgehead atoms. The summed E-state index contributed by atoms with van der Waals surface area (Å²) in [6.45, 7) is 4.51. The maximum absolute atomic E-state index is 12.7. The van der Waals surface area contributed by atoms with Gasteiger partial charge in [0.25, 0.3) is 0 Å². The van der Waals surface area contributed by atoms with Gasteiger partial charge in [0.1, 0.15) is 12.3 Å². The maximum Gasteiger partial charge on any atom is 0.323 e. The molecule has 3 rings (SSSR count). The number of hydrogen-bond donors (Lipinski definition) is 2. The lowest BCUT2D eigenvalue weighted by Crippen LogP contribution is -2.38. The van der Waals surface area contributed by atoms with Gasteiger partial charge in [-0.15, -0.1) is 0 Å². The van der Waals surface area contributed by atoms with Crippen molar-refractivity contribution in [2.24, 2.45) is 0 Å². The van der Waals surface area contributed by atoms with Crippen molar-refractivity contribution >= 4 is 17.8 Å². The molecule has 25 heavy (non-hydrogen) atoms. The molecule has 0 saturated heterocycles. The first-order chi connectivity index (χ1) is 12.1. The minimum absolute atomic E-state index is 0.116. The number of aromatic nitrogens is 2. The third-order valence-corrected chi connectivity index (χ3v) is 4.10. The monoisotopic (exact) mass is 345 g/mol. The van der Waals surface area contributed by atoms with Gasteiger partial charge in [0.15, 0.2) is 5.82 Å². The number of carbonyl (C=O) groups excluding carboxylic acids is 2. The summed E-state index contributed by atoms with van der Waals surface area (Å²) in [6.07, 6.45) is 5.26. The first-order valence-electron chi connectivity index (χ1n) is 8.51. The Morgan fingerprint density at radius 2 is 2.24 bits per heavy atom. The van der Waals surface area contributed by atoms with Crippen molar-refractivity contribution in [1.29, 1.82) is 0 Å². The largest absolute Gasteiger partial charge is 0.467 e. The number of carbonyl (C=O) groups is 2. The molecule has 8 heteroatoms. The molecular weight excluding hydrogens is 322 g/mol. The summed E-state index contributed by atoms with van der Waals surface area (Å²) < 4.78 is 6.94. The van der Waals surface area contributed by atoms with Crippen molar-refractivity contribution in [2.45, 2.75) is 45.3 Å². The van der Waals surface area contributed by atoms with E-state index in [-0.39, 0.29) is 30.6 Å². The van der Waals surface area contributed by atoms with Crippen LogP contribution >= 0.6 is 0 Å². The van der Waals surface area contributed by atoms with Crippen molar-refractivity contribution in [2.75, 3.05) is 11.9 Å². The highest BCUT2D eigenvalue weighted by Gasteiger charge is 2.37. The second kappa shape index (κ2) is 7.42. The molecule has 0 spiro atoms. The zero-order chi connectivity index (χ0) is 17.8. The maximum atomic E-state index is 12.7. The van der Waals surface area contributed by atoms with Crippen molar-refractivity contribution in [3.05, 3.63) is 36.4 Å². The van der Waals surface area contributed by atoms with Gasteiger partial charge in [-0.05, 0) is 38.8 Å². The van der Waals surface area contributed by atoms with E-state index in [1.54, 1.807) is 23.4 Å². The number of likely N-dealkylation sites (N-methyl/N-ethyl adjacent to an activating group) is 1. The molecule has 1 atom stereocenters. The molecule has 2 aromatic rings. The number of rotatable bonds is 7. The van der Waals surface area contributed by atoms with Crippen LogP contribution in [-0.4, -0.2) is 39.2 Å². The number of hydrogen-bond acceptors (Lipinski definition) is 4. The number of nitrogens with zero attached hydrogens (tertiary/aromatic N) is 3. The molecule has 1 aliphatic carbocycles. The van der Waals surface area contributed by atoms with Gasteiger partial charge in [-0.25, -0.2) is 4.79 Å². The van der Waals surface area contributed by atoms with E-state index < -0.39 is 0 Å². The van der Waals surface area contributed by atoms with Crippen molar-refractivity contribution < 1.29 is 14.0 Å². The summed E-state index contributed by atoms with van der Waals surface area (Å²) in [4.78, 5) is 26.1. The van der Waals surface area contributed by atoms with Crippen molar-refractivity contribution in [3.63, 3.8) is 0 Å². The highest BCUT2D eigenvalue weighted by Crippen LogP contribution is 2.34. The van der Waals surface area contributed by atoms with Crippen molar-refractivity contribution in [1.82, 2.24) is 20.0 Å². The Hall–Kier alpha value is -2.77. The molecule has 2 N–H and O–H groups in total. The van der Waals surface area contributed by atoms with Gasteiger partial charge >= 0.3 is 6.03 Å². The van der Waals surface area contributed by atoms with Crippen LogP contribution in [0.2, 0.25) is 0 Å². The minimum atomic E-state index is -0.213. The van der Waals surface area contributed by atoms with Crippen LogP contribution in [0.15, 0.2) is 35.1 Å². The van der Waals surface area contributed by atoms with E-state index in [2.05, 4.69) is 15.7 Å². The number of nitrogens with one attached hydrogen (secondary N) is 2. The molecule has 1 saturated carbocycles. The number of furan rings is 1. The summed E-state index contributed by atoms with van der Waals surface area (Å²) in [6, 6.07) is 5.22. The lowest BCUT2D eigenvalue weighted by atomic mass is 10.2. The Labute approximate surface area is 146 Å². The normalized spacial score (nSPS) is 14.8. The molecule has 0 aromatic carbocycles. The predicted octanol–water partition coefficient (Wildman–Crippen LogP) is 2.37.